The second kappa shape index (κ2) is 4.75. The van der Waals surface area contributed by atoms with Gasteiger partial charge >= 0.3 is 0 Å². The summed E-state index contributed by atoms with van der Waals surface area (Å²) in [5.74, 6) is 1.62. The van der Waals surface area contributed by atoms with E-state index in [4.69, 9.17) is 16.6 Å². The van der Waals surface area contributed by atoms with Crippen molar-refractivity contribution in [1.29, 1.82) is 0 Å². The van der Waals surface area contributed by atoms with E-state index >= 15 is 0 Å². The Kier molecular flexibility index (Phi) is 3.10. The minimum Gasteiger partial charge on any atom is -0.295 e. The molecule has 0 fully saturated rings. The summed E-state index contributed by atoms with van der Waals surface area (Å²) in [6.07, 6.45) is 0.783. The van der Waals surface area contributed by atoms with Gasteiger partial charge in [0.05, 0.1) is 16.7 Å². The normalized spacial score (nSPS) is 11.2. The fourth-order valence-corrected chi connectivity index (χ4v) is 3.00. The molecule has 0 saturated carbocycles. The minimum atomic E-state index is 0.590. The van der Waals surface area contributed by atoms with Gasteiger partial charge in [0.2, 0.25) is 0 Å². The van der Waals surface area contributed by atoms with Gasteiger partial charge in [0.1, 0.15) is 5.82 Å². The monoisotopic (exact) mass is 276 g/mol. The summed E-state index contributed by atoms with van der Waals surface area (Å²) in [7, 11) is 0. The Labute approximate surface area is 115 Å². The third-order valence-electron chi connectivity index (χ3n) is 3.04. The average molecular weight is 277 g/mol. The number of thiophene rings is 1. The first kappa shape index (κ1) is 11.8. The molecule has 0 radical (unpaired) electrons. The molecule has 2 heterocycles. The number of imidazole rings is 1. The number of hydrogen-bond donors (Lipinski definition) is 0. The smallest absolute Gasteiger partial charge is 0.115 e. The molecule has 0 aliphatic heterocycles. The molecule has 4 heteroatoms. The van der Waals surface area contributed by atoms with E-state index in [9.17, 15) is 0 Å². The molecule has 0 spiro atoms. The van der Waals surface area contributed by atoms with Crippen LogP contribution in [0.4, 0.5) is 0 Å². The molecule has 1 aromatic carbocycles. The molecule has 3 aromatic rings. The molecular formula is C14H13ClN2S. The third-order valence-corrected chi connectivity index (χ3v) is 3.90. The molecule has 0 unspecified atom stereocenters. The number of hydrogen-bond acceptors (Lipinski definition) is 2. The minimum absolute atomic E-state index is 0.590. The fourth-order valence-electron chi connectivity index (χ4n) is 2.21. The maximum Gasteiger partial charge on any atom is 0.115 e. The van der Waals surface area contributed by atoms with Crippen molar-refractivity contribution in [3.63, 3.8) is 0 Å². The lowest BCUT2D eigenvalue weighted by Crippen LogP contribution is -2.00. The molecule has 0 N–H and O–H groups in total. The van der Waals surface area contributed by atoms with E-state index in [2.05, 4.69) is 46.5 Å². The molecule has 0 atom stereocenters. The van der Waals surface area contributed by atoms with Crippen LogP contribution in [0.5, 0.6) is 0 Å². The summed E-state index contributed by atoms with van der Waals surface area (Å²) in [5.41, 5.74) is 4.61. The van der Waals surface area contributed by atoms with E-state index in [-0.39, 0.29) is 0 Å². The molecule has 0 aliphatic rings. The topological polar surface area (TPSA) is 17.8 Å². The van der Waals surface area contributed by atoms with Crippen molar-refractivity contribution in [3.8, 4) is 5.69 Å². The van der Waals surface area contributed by atoms with E-state index in [1.807, 2.05) is 0 Å². The van der Waals surface area contributed by atoms with E-state index in [0.717, 1.165) is 23.3 Å². The first-order chi connectivity index (χ1) is 8.81. The van der Waals surface area contributed by atoms with Crippen LogP contribution in [0.25, 0.3) is 16.7 Å². The predicted octanol–water partition coefficient (Wildman–Crippen LogP) is 4.18. The summed E-state index contributed by atoms with van der Waals surface area (Å²) in [6, 6.07) is 8.40. The highest BCUT2D eigenvalue weighted by Crippen LogP contribution is 2.25. The number of rotatable bonds is 3. The second-order valence-corrected chi connectivity index (χ2v) is 5.38. The Morgan fingerprint density at radius 2 is 2.22 bits per heavy atom. The van der Waals surface area contributed by atoms with Gasteiger partial charge < -0.3 is 0 Å². The molecule has 92 valence electrons. The first-order valence-electron chi connectivity index (χ1n) is 5.86. The zero-order valence-corrected chi connectivity index (χ0v) is 11.6. The molecule has 0 bridgehead atoms. The van der Waals surface area contributed by atoms with Crippen LogP contribution in [-0.2, 0) is 6.42 Å². The van der Waals surface area contributed by atoms with Gasteiger partial charge in [-0.25, -0.2) is 4.98 Å². The number of para-hydroxylation sites is 1. The van der Waals surface area contributed by atoms with Crippen molar-refractivity contribution < 1.29 is 0 Å². The average Bonchev–Trinajstić information content (AvgIpc) is 2.96. The molecule has 18 heavy (non-hydrogen) atoms. The van der Waals surface area contributed by atoms with Crippen LogP contribution >= 0.6 is 22.9 Å². The second-order valence-electron chi connectivity index (χ2n) is 4.23. The van der Waals surface area contributed by atoms with Crippen LogP contribution in [-0.4, -0.2) is 15.4 Å². The van der Waals surface area contributed by atoms with E-state index < -0.39 is 0 Å². The SMILES string of the molecule is Cc1cccc2c1nc(CCCl)n2-c1ccsc1. The fraction of sp³-hybridized carbons (Fsp3) is 0.214. The van der Waals surface area contributed by atoms with Gasteiger partial charge in [0, 0.05) is 17.7 Å². The Morgan fingerprint density at radius 3 is 2.94 bits per heavy atom. The Morgan fingerprint density at radius 1 is 1.33 bits per heavy atom. The van der Waals surface area contributed by atoms with Crippen LogP contribution in [0, 0.1) is 6.92 Å². The number of aromatic nitrogens is 2. The van der Waals surface area contributed by atoms with Crippen molar-refractivity contribution in [2.24, 2.45) is 0 Å². The summed E-state index contributed by atoms with van der Waals surface area (Å²) >= 11 is 7.58. The molecule has 0 saturated heterocycles. The zero-order chi connectivity index (χ0) is 12.5. The van der Waals surface area contributed by atoms with E-state index in [0.29, 0.717) is 5.88 Å². The van der Waals surface area contributed by atoms with Gasteiger partial charge in [-0.15, -0.1) is 11.6 Å². The van der Waals surface area contributed by atoms with E-state index in [1.54, 1.807) is 11.3 Å². The van der Waals surface area contributed by atoms with Crippen LogP contribution in [0.15, 0.2) is 35.0 Å². The van der Waals surface area contributed by atoms with Gasteiger partial charge in [-0.3, -0.25) is 4.57 Å². The van der Waals surface area contributed by atoms with Gasteiger partial charge in [-0.2, -0.15) is 11.3 Å². The highest BCUT2D eigenvalue weighted by Gasteiger charge is 2.13. The van der Waals surface area contributed by atoms with Gasteiger partial charge in [-0.1, -0.05) is 12.1 Å². The van der Waals surface area contributed by atoms with Crippen LogP contribution in [0.1, 0.15) is 11.4 Å². The number of aryl methyl sites for hydroxylation is 2. The zero-order valence-electron chi connectivity index (χ0n) is 10.1. The maximum atomic E-state index is 5.89. The molecular weight excluding hydrogens is 264 g/mol. The van der Waals surface area contributed by atoms with Crippen molar-refractivity contribution in [3.05, 3.63) is 46.4 Å². The number of alkyl halides is 1. The van der Waals surface area contributed by atoms with Gasteiger partial charge in [0.25, 0.3) is 0 Å². The number of benzene rings is 1. The maximum absolute atomic E-state index is 5.89. The molecule has 0 amide bonds. The highest BCUT2D eigenvalue weighted by atomic mass is 35.5. The van der Waals surface area contributed by atoms with Gasteiger partial charge in [0.15, 0.2) is 0 Å². The van der Waals surface area contributed by atoms with Crippen LogP contribution in [0.3, 0.4) is 0 Å². The summed E-state index contributed by atoms with van der Waals surface area (Å²) in [6.45, 7) is 2.10. The third kappa shape index (κ3) is 1.84. The highest BCUT2D eigenvalue weighted by molar-refractivity contribution is 7.08. The van der Waals surface area contributed by atoms with E-state index in [1.165, 1.54) is 11.3 Å². The lowest BCUT2D eigenvalue weighted by atomic mass is 10.2. The Bertz CT molecular complexity index is 670. The number of nitrogens with zero attached hydrogens (tertiary/aromatic N) is 2. The summed E-state index contributed by atoms with van der Waals surface area (Å²) in [5, 5.41) is 4.22. The molecule has 0 aliphatic carbocycles. The molecule has 2 nitrogen and oxygen atoms in total. The number of fused-ring (bicyclic) bond motifs is 1. The first-order valence-corrected chi connectivity index (χ1v) is 7.34. The lowest BCUT2D eigenvalue weighted by molar-refractivity contribution is 0.915. The van der Waals surface area contributed by atoms with Crippen molar-refractivity contribution >= 4 is 34.0 Å². The standard InChI is InChI=1S/C14H13ClN2S/c1-10-3-2-4-12-14(10)16-13(5-7-15)17(12)11-6-8-18-9-11/h2-4,6,8-9H,5,7H2,1H3. The molecule has 2 aromatic heterocycles. The summed E-state index contributed by atoms with van der Waals surface area (Å²) < 4.78 is 2.21. The summed E-state index contributed by atoms with van der Waals surface area (Å²) in [4.78, 5) is 4.74. The van der Waals surface area contributed by atoms with Crippen LogP contribution < -0.4 is 0 Å². The largest absolute Gasteiger partial charge is 0.295 e. The van der Waals surface area contributed by atoms with Crippen molar-refractivity contribution in [1.82, 2.24) is 9.55 Å². The van der Waals surface area contributed by atoms with Crippen molar-refractivity contribution in [2.75, 3.05) is 5.88 Å². The lowest BCUT2D eigenvalue weighted by Gasteiger charge is -2.05. The van der Waals surface area contributed by atoms with Crippen LogP contribution in [0.2, 0.25) is 0 Å². The Balaban J connectivity index is 2.32. The Hall–Kier alpha value is -1.32. The van der Waals surface area contributed by atoms with Gasteiger partial charge in [-0.05, 0) is 30.0 Å². The van der Waals surface area contributed by atoms with Crippen molar-refractivity contribution in [2.45, 2.75) is 13.3 Å². The predicted molar refractivity (Wildman–Crippen MR) is 78.1 cm³/mol. The molecule has 3 rings (SSSR count). The quantitative estimate of drug-likeness (QED) is 0.656. The number of halogens is 1.